The first-order valence-electron chi connectivity index (χ1n) is 5.82. The van der Waals surface area contributed by atoms with Crippen molar-refractivity contribution in [2.24, 2.45) is 0 Å². The first-order valence-corrected chi connectivity index (χ1v) is 5.82. The van der Waals surface area contributed by atoms with Gasteiger partial charge in [-0.2, -0.15) is 13.2 Å². The lowest BCUT2D eigenvalue weighted by atomic mass is 10.1. The van der Waals surface area contributed by atoms with Gasteiger partial charge in [-0.1, -0.05) is 0 Å². The van der Waals surface area contributed by atoms with Crippen molar-refractivity contribution < 1.29 is 22.7 Å². The van der Waals surface area contributed by atoms with E-state index in [4.69, 9.17) is 4.74 Å². The number of pyridine rings is 1. The molecule has 0 aliphatic carbocycles. The van der Waals surface area contributed by atoms with E-state index in [2.05, 4.69) is 4.98 Å². The summed E-state index contributed by atoms with van der Waals surface area (Å²) in [6, 6.07) is 5.97. The molecule has 0 saturated heterocycles. The molecule has 20 heavy (non-hydrogen) atoms. The van der Waals surface area contributed by atoms with Gasteiger partial charge in [0.25, 0.3) is 0 Å². The SMILES string of the molecule is CCOc1ccc(NC(=O)C(F)(F)F)c2cccnc12. The normalized spacial score (nSPS) is 11.4. The highest BCUT2D eigenvalue weighted by atomic mass is 19.4. The number of hydrogen-bond donors (Lipinski definition) is 1. The number of aromatic nitrogens is 1. The van der Waals surface area contributed by atoms with E-state index in [1.54, 1.807) is 19.1 Å². The molecule has 2 aromatic rings. The van der Waals surface area contributed by atoms with Crippen LogP contribution < -0.4 is 10.1 Å². The summed E-state index contributed by atoms with van der Waals surface area (Å²) in [6.45, 7) is 2.19. The zero-order valence-corrected chi connectivity index (χ0v) is 10.5. The van der Waals surface area contributed by atoms with E-state index in [0.29, 0.717) is 23.3 Å². The molecule has 0 spiro atoms. The van der Waals surface area contributed by atoms with E-state index >= 15 is 0 Å². The van der Waals surface area contributed by atoms with Gasteiger partial charge in [-0.25, -0.2) is 0 Å². The Kier molecular flexibility index (Phi) is 3.78. The molecule has 1 aromatic heterocycles. The summed E-state index contributed by atoms with van der Waals surface area (Å²) < 4.78 is 42.2. The quantitative estimate of drug-likeness (QED) is 0.942. The zero-order chi connectivity index (χ0) is 14.8. The zero-order valence-electron chi connectivity index (χ0n) is 10.5. The Hall–Kier alpha value is -2.31. The van der Waals surface area contributed by atoms with Crippen LogP contribution in [-0.4, -0.2) is 23.7 Å². The highest BCUT2D eigenvalue weighted by molar-refractivity contribution is 6.04. The summed E-state index contributed by atoms with van der Waals surface area (Å²) in [6.07, 6.45) is -3.44. The lowest BCUT2D eigenvalue weighted by Gasteiger charge is -2.12. The predicted octanol–water partition coefficient (Wildman–Crippen LogP) is 3.13. The smallest absolute Gasteiger partial charge is 0.471 e. The predicted molar refractivity (Wildman–Crippen MR) is 67.6 cm³/mol. The Bertz CT molecular complexity index is 641. The van der Waals surface area contributed by atoms with Crippen molar-refractivity contribution in [1.82, 2.24) is 4.98 Å². The van der Waals surface area contributed by atoms with Crippen LogP contribution in [0.1, 0.15) is 6.92 Å². The van der Waals surface area contributed by atoms with E-state index in [-0.39, 0.29) is 5.69 Å². The van der Waals surface area contributed by atoms with Crippen LogP contribution in [0.5, 0.6) is 5.75 Å². The molecule has 7 heteroatoms. The first kappa shape index (κ1) is 14.1. The molecule has 4 nitrogen and oxygen atoms in total. The molecule has 0 atom stereocenters. The van der Waals surface area contributed by atoms with Gasteiger partial charge in [0, 0.05) is 11.6 Å². The standard InChI is InChI=1S/C13H11F3N2O2/c1-2-20-10-6-5-9(18-12(19)13(14,15)16)8-4-3-7-17-11(8)10/h3-7H,2H2,1H3,(H,18,19). The van der Waals surface area contributed by atoms with Crippen molar-refractivity contribution in [3.8, 4) is 5.75 Å². The fourth-order valence-electron chi connectivity index (χ4n) is 1.72. The van der Waals surface area contributed by atoms with Gasteiger partial charge in [0.2, 0.25) is 0 Å². The molecular formula is C13H11F3N2O2. The molecule has 0 saturated carbocycles. The van der Waals surface area contributed by atoms with Crippen LogP contribution in [0.2, 0.25) is 0 Å². The van der Waals surface area contributed by atoms with Crippen LogP contribution in [-0.2, 0) is 4.79 Å². The second-order valence-corrected chi connectivity index (χ2v) is 3.90. The molecule has 106 valence electrons. The maximum atomic E-state index is 12.3. The minimum Gasteiger partial charge on any atom is -0.492 e. The molecule has 1 heterocycles. The fraction of sp³-hybridized carbons (Fsp3) is 0.231. The number of alkyl halides is 3. The molecule has 0 radical (unpaired) electrons. The number of nitrogens with zero attached hydrogens (tertiary/aromatic N) is 1. The van der Waals surface area contributed by atoms with E-state index in [1.165, 1.54) is 18.3 Å². The summed E-state index contributed by atoms with van der Waals surface area (Å²) in [5.74, 6) is -1.57. The highest BCUT2D eigenvalue weighted by Gasteiger charge is 2.38. The number of carbonyl (C=O) groups is 1. The van der Waals surface area contributed by atoms with Crippen molar-refractivity contribution >= 4 is 22.5 Å². The van der Waals surface area contributed by atoms with Crippen LogP contribution in [0.3, 0.4) is 0 Å². The molecular weight excluding hydrogens is 273 g/mol. The molecule has 0 unspecified atom stereocenters. The van der Waals surface area contributed by atoms with Gasteiger partial charge >= 0.3 is 12.1 Å². The molecule has 0 aliphatic heterocycles. The Morgan fingerprint density at radius 2 is 2.10 bits per heavy atom. The maximum absolute atomic E-state index is 12.3. The van der Waals surface area contributed by atoms with Crippen LogP contribution in [0.25, 0.3) is 10.9 Å². The highest BCUT2D eigenvalue weighted by Crippen LogP contribution is 2.31. The van der Waals surface area contributed by atoms with Gasteiger partial charge in [-0.3, -0.25) is 9.78 Å². The van der Waals surface area contributed by atoms with Crippen LogP contribution in [0.15, 0.2) is 30.5 Å². The third-order valence-corrected chi connectivity index (χ3v) is 2.54. The fourth-order valence-corrected chi connectivity index (χ4v) is 1.72. The summed E-state index contributed by atoms with van der Waals surface area (Å²) in [7, 11) is 0. The second-order valence-electron chi connectivity index (χ2n) is 3.90. The number of hydrogen-bond acceptors (Lipinski definition) is 3. The van der Waals surface area contributed by atoms with Gasteiger partial charge in [0.1, 0.15) is 11.3 Å². The summed E-state index contributed by atoms with van der Waals surface area (Å²) in [5, 5.41) is 2.22. The minimum absolute atomic E-state index is 0.0406. The molecule has 0 aliphatic rings. The molecule has 1 aromatic carbocycles. The molecule has 1 N–H and O–H groups in total. The Morgan fingerprint density at radius 1 is 1.35 bits per heavy atom. The van der Waals surface area contributed by atoms with E-state index in [0.717, 1.165) is 0 Å². The summed E-state index contributed by atoms with van der Waals surface area (Å²) in [4.78, 5) is 15.1. The van der Waals surface area contributed by atoms with Gasteiger partial charge in [0.05, 0.1) is 12.3 Å². The van der Waals surface area contributed by atoms with Gasteiger partial charge in [-0.05, 0) is 31.2 Å². The van der Waals surface area contributed by atoms with Gasteiger partial charge < -0.3 is 10.1 Å². The van der Waals surface area contributed by atoms with Crippen LogP contribution >= 0.6 is 0 Å². The monoisotopic (exact) mass is 284 g/mol. The number of benzene rings is 1. The number of carbonyl (C=O) groups excluding carboxylic acids is 1. The first-order chi connectivity index (χ1) is 9.43. The van der Waals surface area contributed by atoms with Crippen molar-refractivity contribution in [3.05, 3.63) is 30.5 Å². The number of anilines is 1. The van der Waals surface area contributed by atoms with E-state index in [9.17, 15) is 18.0 Å². The lowest BCUT2D eigenvalue weighted by molar-refractivity contribution is -0.167. The molecule has 2 rings (SSSR count). The third-order valence-electron chi connectivity index (χ3n) is 2.54. The second kappa shape index (κ2) is 5.36. The average Bonchev–Trinajstić information content (AvgIpc) is 2.40. The molecule has 0 bridgehead atoms. The largest absolute Gasteiger partial charge is 0.492 e. The van der Waals surface area contributed by atoms with Gasteiger partial charge in [-0.15, -0.1) is 0 Å². The van der Waals surface area contributed by atoms with Gasteiger partial charge in [0.15, 0.2) is 0 Å². The summed E-state index contributed by atoms with van der Waals surface area (Å²) >= 11 is 0. The van der Waals surface area contributed by atoms with Crippen LogP contribution in [0, 0.1) is 0 Å². The number of fused-ring (bicyclic) bond motifs is 1. The summed E-state index contributed by atoms with van der Waals surface area (Å²) in [5.41, 5.74) is 0.438. The maximum Gasteiger partial charge on any atom is 0.471 e. The Labute approximate surface area is 112 Å². The molecule has 1 amide bonds. The molecule has 0 fully saturated rings. The Balaban J connectivity index is 2.46. The van der Waals surface area contributed by atoms with Crippen molar-refractivity contribution in [1.29, 1.82) is 0 Å². The average molecular weight is 284 g/mol. The minimum atomic E-state index is -4.94. The van der Waals surface area contributed by atoms with Crippen molar-refractivity contribution in [2.75, 3.05) is 11.9 Å². The van der Waals surface area contributed by atoms with Crippen molar-refractivity contribution in [3.63, 3.8) is 0 Å². The number of amides is 1. The van der Waals surface area contributed by atoms with E-state index in [1.807, 2.05) is 5.32 Å². The third kappa shape index (κ3) is 2.81. The van der Waals surface area contributed by atoms with Crippen LogP contribution in [0.4, 0.5) is 18.9 Å². The topological polar surface area (TPSA) is 51.2 Å². The number of ether oxygens (including phenoxy) is 1. The number of nitrogens with one attached hydrogen (secondary N) is 1. The van der Waals surface area contributed by atoms with Crippen molar-refractivity contribution in [2.45, 2.75) is 13.1 Å². The number of rotatable bonds is 3. The van der Waals surface area contributed by atoms with E-state index < -0.39 is 12.1 Å². The Morgan fingerprint density at radius 3 is 2.75 bits per heavy atom. The lowest BCUT2D eigenvalue weighted by Crippen LogP contribution is -2.30. The number of halogens is 3.